The summed E-state index contributed by atoms with van der Waals surface area (Å²) in [6.45, 7) is 8.11. The predicted molar refractivity (Wildman–Crippen MR) is 144 cm³/mol. The van der Waals surface area contributed by atoms with Crippen LogP contribution < -0.4 is 14.9 Å². The van der Waals surface area contributed by atoms with Gasteiger partial charge in [-0.15, -0.1) is 0 Å². The minimum absolute atomic E-state index is 0.168. The molecule has 2 aromatic heterocycles. The zero-order valence-corrected chi connectivity index (χ0v) is 21.9. The second-order valence-electron chi connectivity index (χ2n) is 9.34. The van der Waals surface area contributed by atoms with Gasteiger partial charge >= 0.3 is 5.97 Å². The van der Waals surface area contributed by atoms with Crippen LogP contribution in [-0.2, 0) is 16.6 Å². The Labute approximate surface area is 213 Å². The lowest BCUT2D eigenvalue weighted by Gasteiger charge is -2.25. The molecule has 36 heavy (non-hydrogen) atoms. The van der Waals surface area contributed by atoms with E-state index < -0.39 is 12.0 Å². The molecule has 184 valence electrons. The number of carbonyl (C=O) groups excluding carboxylic acids is 1. The summed E-state index contributed by atoms with van der Waals surface area (Å²) in [7, 11) is 2.00. The van der Waals surface area contributed by atoms with Crippen LogP contribution in [0.25, 0.3) is 17.0 Å². The summed E-state index contributed by atoms with van der Waals surface area (Å²) in [5.41, 5.74) is 4.93. The Hall–Kier alpha value is -3.71. The molecule has 0 unspecified atom stereocenters. The number of esters is 1. The van der Waals surface area contributed by atoms with E-state index in [9.17, 15) is 9.59 Å². The van der Waals surface area contributed by atoms with Crippen molar-refractivity contribution in [2.24, 2.45) is 12.0 Å². The van der Waals surface area contributed by atoms with Crippen LogP contribution in [0.3, 0.4) is 0 Å². The smallest absolute Gasteiger partial charge is 0.338 e. The van der Waals surface area contributed by atoms with Gasteiger partial charge in [-0.25, -0.2) is 9.79 Å². The lowest BCUT2D eigenvalue weighted by Crippen LogP contribution is -2.39. The second-order valence-corrected chi connectivity index (χ2v) is 10.3. The molecule has 3 heterocycles. The molecule has 0 fully saturated rings. The molecule has 1 aliphatic heterocycles. The van der Waals surface area contributed by atoms with Gasteiger partial charge in [0.15, 0.2) is 4.80 Å². The normalized spacial score (nSPS) is 15.9. The number of rotatable bonds is 5. The van der Waals surface area contributed by atoms with Gasteiger partial charge in [0, 0.05) is 29.7 Å². The molecule has 0 saturated carbocycles. The number of nitrogens with zero attached hydrogens (tertiary/aromatic N) is 3. The van der Waals surface area contributed by atoms with Gasteiger partial charge in [-0.2, -0.15) is 0 Å². The summed E-state index contributed by atoms with van der Waals surface area (Å²) in [4.78, 5) is 32.2. The number of para-hydroxylation sites is 1. The van der Waals surface area contributed by atoms with Crippen LogP contribution in [0.15, 0.2) is 75.8 Å². The van der Waals surface area contributed by atoms with E-state index in [0.717, 1.165) is 22.0 Å². The Morgan fingerprint density at radius 3 is 2.58 bits per heavy atom. The SMILES string of the molecule is CCOC(=O)C1=C(C)N=c2s/c(=C/c3cn(C)c4ccccc34)c(=O)n2[C@H]1c1ccc(C(C)C)cc1. The van der Waals surface area contributed by atoms with Crippen LogP contribution in [0.5, 0.6) is 0 Å². The van der Waals surface area contributed by atoms with Gasteiger partial charge in [-0.05, 0) is 43.0 Å². The summed E-state index contributed by atoms with van der Waals surface area (Å²) in [6, 6.07) is 15.6. The van der Waals surface area contributed by atoms with Crippen molar-refractivity contribution in [3.05, 3.63) is 102 Å². The first kappa shape index (κ1) is 24.0. The van der Waals surface area contributed by atoms with E-state index in [1.807, 2.05) is 50.5 Å². The van der Waals surface area contributed by atoms with E-state index in [4.69, 9.17) is 4.74 Å². The van der Waals surface area contributed by atoms with Gasteiger partial charge in [0.1, 0.15) is 0 Å². The number of aryl methyl sites for hydroxylation is 1. The summed E-state index contributed by atoms with van der Waals surface area (Å²) in [6.07, 6.45) is 3.95. The van der Waals surface area contributed by atoms with Crippen molar-refractivity contribution in [2.45, 2.75) is 39.7 Å². The quantitative estimate of drug-likeness (QED) is 0.382. The Bertz CT molecular complexity index is 1680. The lowest BCUT2D eigenvalue weighted by atomic mass is 9.93. The number of benzene rings is 2. The molecule has 0 bridgehead atoms. The average Bonchev–Trinajstić information content (AvgIpc) is 3.34. The molecule has 4 aromatic rings. The number of carbonyl (C=O) groups is 1. The monoisotopic (exact) mass is 499 g/mol. The summed E-state index contributed by atoms with van der Waals surface area (Å²) in [5, 5.41) is 1.08. The maximum absolute atomic E-state index is 13.9. The minimum atomic E-state index is -0.601. The molecule has 0 aliphatic carbocycles. The van der Waals surface area contributed by atoms with Crippen molar-refractivity contribution in [1.82, 2.24) is 9.13 Å². The highest BCUT2D eigenvalue weighted by Gasteiger charge is 2.33. The Morgan fingerprint density at radius 1 is 1.17 bits per heavy atom. The first-order valence-electron chi connectivity index (χ1n) is 12.1. The van der Waals surface area contributed by atoms with Crippen LogP contribution in [0.1, 0.15) is 56.3 Å². The highest BCUT2D eigenvalue weighted by molar-refractivity contribution is 7.07. The predicted octanol–water partition coefficient (Wildman–Crippen LogP) is 4.41. The molecule has 0 N–H and O–H groups in total. The largest absolute Gasteiger partial charge is 0.463 e. The van der Waals surface area contributed by atoms with Crippen LogP contribution >= 0.6 is 11.3 Å². The van der Waals surface area contributed by atoms with Crippen LogP contribution in [0, 0.1) is 0 Å². The van der Waals surface area contributed by atoms with Gasteiger partial charge in [-0.1, -0.05) is 67.6 Å². The molecular formula is C29H29N3O3S. The Balaban J connectivity index is 1.73. The first-order chi connectivity index (χ1) is 17.3. The van der Waals surface area contributed by atoms with Crippen molar-refractivity contribution < 1.29 is 9.53 Å². The fourth-order valence-electron chi connectivity index (χ4n) is 4.80. The topological polar surface area (TPSA) is 65.6 Å². The minimum Gasteiger partial charge on any atom is -0.463 e. The molecular weight excluding hydrogens is 470 g/mol. The summed E-state index contributed by atoms with van der Waals surface area (Å²) in [5.74, 6) is -0.0661. The maximum atomic E-state index is 13.9. The zero-order chi connectivity index (χ0) is 25.6. The average molecular weight is 500 g/mol. The Morgan fingerprint density at radius 2 is 1.89 bits per heavy atom. The van der Waals surface area contributed by atoms with Crippen LogP contribution in [0.2, 0.25) is 0 Å². The number of hydrogen-bond donors (Lipinski definition) is 0. The van der Waals surface area contributed by atoms with Crippen molar-refractivity contribution in [3.63, 3.8) is 0 Å². The highest BCUT2D eigenvalue weighted by atomic mass is 32.1. The van der Waals surface area contributed by atoms with Crippen molar-refractivity contribution in [3.8, 4) is 0 Å². The van der Waals surface area contributed by atoms with E-state index in [-0.39, 0.29) is 12.2 Å². The fraction of sp³-hybridized carbons (Fsp3) is 0.276. The molecule has 6 nitrogen and oxygen atoms in total. The molecule has 1 aliphatic rings. The van der Waals surface area contributed by atoms with Gasteiger partial charge in [0.2, 0.25) is 0 Å². The van der Waals surface area contributed by atoms with E-state index in [1.165, 1.54) is 16.9 Å². The lowest BCUT2D eigenvalue weighted by molar-refractivity contribution is -0.139. The van der Waals surface area contributed by atoms with Gasteiger partial charge in [0.25, 0.3) is 5.56 Å². The van der Waals surface area contributed by atoms with Crippen molar-refractivity contribution in [2.75, 3.05) is 6.61 Å². The summed E-state index contributed by atoms with van der Waals surface area (Å²) < 4.78 is 9.67. The zero-order valence-electron chi connectivity index (χ0n) is 21.1. The number of hydrogen-bond acceptors (Lipinski definition) is 5. The van der Waals surface area contributed by atoms with Crippen molar-refractivity contribution in [1.29, 1.82) is 0 Å². The second kappa shape index (κ2) is 9.39. The number of thiazole rings is 1. The fourth-order valence-corrected chi connectivity index (χ4v) is 5.84. The number of allylic oxidation sites excluding steroid dienone is 1. The van der Waals surface area contributed by atoms with Crippen molar-refractivity contribution >= 4 is 34.3 Å². The third-order valence-electron chi connectivity index (χ3n) is 6.65. The van der Waals surface area contributed by atoms with E-state index in [0.29, 0.717) is 26.5 Å². The van der Waals surface area contributed by atoms with Gasteiger partial charge in [0.05, 0.1) is 28.5 Å². The molecule has 7 heteroatoms. The van der Waals surface area contributed by atoms with E-state index >= 15 is 0 Å². The number of aromatic nitrogens is 2. The molecule has 0 amide bonds. The number of ether oxygens (including phenoxy) is 1. The first-order valence-corrected chi connectivity index (χ1v) is 13.0. The summed E-state index contributed by atoms with van der Waals surface area (Å²) >= 11 is 1.34. The number of fused-ring (bicyclic) bond motifs is 2. The third kappa shape index (κ3) is 4.03. The van der Waals surface area contributed by atoms with Crippen LogP contribution in [0.4, 0.5) is 0 Å². The van der Waals surface area contributed by atoms with Gasteiger partial charge in [-0.3, -0.25) is 9.36 Å². The van der Waals surface area contributed by atoms with E-state index in [1.54, 1.807) is 11.5 Å². The molecule has 2 aromatic carbocycles. The van der Waals surface area contributed by atoms with Crippen LogP contribution in [-0.4, -0.2) is 21.7 Å². The standard InChI is InChI=1S/C29H29N3O3S/c1-6-35-28(34)25-18(4)30-29-32(26(25)20-13-11-19(12-14-20)17(2)3)27(33)24(36-29)15-21-16-31(5)23-10-8-7-9-22(21)23/h7-17,26H,6H2,1-5H3/b24-15+/t26-/m0/s1. The molecule has 0 radical (unpaired) electrons. The molecule has 1 atom stereocenters. The Kier molecular flexibility index (Phi) is 6.26. The molecule has 0 saturated heterocycles. The van der Waals surface area contributed by atoms with Gasteiger partial charge < -0.3 is 9.30 Å². The highest BCUT2D eigenvalue weighted by Crippen LogP contribution is 2.31. The third-order valence-corrected chi connectivity index (χ3v) is 7.63. The maximum Gasteiger partial charge on any atom is 0.338 e. The molecule has 5 rings (SSSR count). The van der Waals surface area contributed by atoms with E-state index in [2.05, 4.69) is 47.7 Å². The molecule has 0 spiro atoms.